The summed E-state index contributed by atoms with van der Waals surface area (Å²) in [6, 6.07) is 8.26. The second kappa shape index (κ2) is 7.08. The number of rotatable bonds is 5. The maximum absolute atomic E-state index is 12.2. The number of nitrogens with one attached hydrogen (secondary N) is 1. The first-order valence-electron chi connectivity index (χ1n) is 7.55. The maximum atomic E-state index is 12.2. The molecule has 1 heterocycles. The minimum atomic E-state index is -2.83. The Bertz CT molecular complexity index is 659. The Kier molecular flexibility index (Phi) is 4.91. The summed E-state index contributed by atoms with van der Waals surface area (Å²) in [4.78, 5) is 14.3. The number of ether oxygens (including phenoxy) is 1. The number of carbonyl (C=O) groups is 1. The van der Waals surface area contributed by atoms with E-state index in [1.807, 2.05) is 6.07 Å². The zero-order valence-electron chi connectivity index (χ0n) is 12.5. The zero-order chi connectivity index (χ0) is 16.2. The lowest BCUT2D eigenvalue weighted by Crippen LogP contribution is -2.21. The topological polar surface area (TPSA) is 38.3 Å². The summed E-state index contributed by atoms with van der Waals surface area (Å²) < 4.78 is 28.5. The second-order valence-corrected chi connectivity index (χ2v) is 6.61. The van der Waals surface area contributed by atoms with Gasteiger partial charge in [-0.3, -0.25) is 4.79 Å². The summed E-state index contributed by atoms with van der Waals surface area (Å²) in [5, 5.41) is 2.87. The molecule has 0 unspecified atom stereocenters. The Balaban J connectivity index is 1.57. The number of hydrogen-bond acceptors (Lipinski definition) is 3. The van der Waals surface area contributed by atoms with Crippen LogP contribution in [-0.4, -0.2) is 12.5 Å². The van der Waals surface area contributed by atoms with E-state index in [-0.39, 0.29) is 11.7 Å². The lowest BCUT2D eigenvalue weighted by atomic mass is 9.99. The average molecular weight is 337 g/mol. The molecule has 1 aromatic carbocycles. The molecule has 0 saturated carbocycles. The molecule has 1 N–H and O–H groups in total. The van der Waals surface area contributed by atoms with Crippen LogP contribution in [0.4, 0.5) is 8.78 Å². The number of benzene rings is 1. The van der Waals surface area contributed by atoms with Gasteiger partial charge >= 0.3 is 6.61 Å². The SMILES string of the molecule is O=C(NCc1ccc(OC(F)F)cc1)c1cc2c(s1)CCCC2. The molecule has 122 valence electrons. The average Bonchev–Trinajstić information content (AvgIpc) is 2.97. The van der Waals surface area contributed by atoms with Gasteiger partial charge in [0.05, 0.1) is 4.88 Å². The molecule has 2 aromatic rings. The molecule has 0 bridgehead atoms. The van der Waals surface area contributed by atoms with Crippen molar-refractivity contribution in [1.29, 1.82) is 0 Å². The summed E-state index contributed by atoms with van der Waals surface area (Å²) in [6.45, 7) is -2.47. The van der Waals surface area contributed by atoms with Crippen molar-refractivity contribution >= 4 is 17.2 Å². The van der Waals surface area contributed by atoms with Crippen LogP contribution in [0.15, 0.2) is 30.3 Å². The lowest BCUT2D eigenvalue weighted by Gasteiger charge is -2.08. The highest BCUT2D eigenvalue weighted by Crippen LogP contribution is 2.29. The molecule has 3 rings (SSSR count). The summed E-state index contributed by atoms with van der Waals surface area (Å²) >= 11 is 1.57. The van der Waals surface area contributed by atoms with Crippen molar-refractivity contribution in [3.63, 3.8) is 0 Å². The second-order valence-electron chi connectivity index (χ2n) is 5.47. The van der Waals surface area contributed by atoms with E-state index in [4.69, 9.17) is 0 Å². The number of alkyl halides is 2. The third kappa shape index (κ3) is 4.07. The van der Waals surface area contributed by atoms with Gasteiger partial charge in [-0.2, -0.15) is 8.78 Å². The normalized spacial score (nSPS) is 13.7. The minimum absolute atomic E-state index is 0.0858. The first-order chi connectivity index (χ1) is 11.1. The van der Waals surface area contributed by atoms with Gasteiger partial charge < -0.3 is 10.1 Å². The Morgan fingerprint density at radius 1 is 1.22 bits per heavy atom. The Morgan fingerprint density at radius 3 is 2.65 bits per heavy atom. The molecule has 0 fully saturated rings. The van der Waals surface area contributed by atoms with E-state index in [2.05, 4.69) is 10.1 Å². The third-order valence-corrected chi connectivity index (χ3v) is 5.06. The van der Waals surface area contributed by atoms with Gasteiger partial charge in [0.25, 0.3) is 5.91 Å². The molecule has 0 atom stereocenters. The number of thiophene rings is 1. The van der Waals surface area contributed by atoms with E-state index in [1.54, 1.807) is 23.5 Å². The molecule has 0 radical (unpaired) electrons. The van der Waals surface area contributed by atoms with Gasteiger partial charge in [0, 0.05) is 11.4 Å². The highest BCUT2D eigenvalue weighted by Gasteiger charge is 2.17. The van der Waals surface area contributed by atoms with Crippen molar-refractivity contribution in [3.05, 3.63) is 51.2 Å². The van der Waals surface area contributed by atoms with Crippen LogP contribution < -0.4 is 10.1 Å². The van der Waals surface area contributed by atoms with Crippen molar-refractivity contribution in [1.82, 2.24) is 5.32 Å². The Hall–Kier alpha value is -1.95. The molecule has 1 aromatic heterocycles. The van der Waals surface area contributed by atoms with Gasteiger partial charge in [0.15, 0.2) is 0 Å². The molecule has 1 amide bonds. The summed E-state index contributed by atoms with van der Waals surface area (Å²) in [7, 11) is 0. The highest BCUT2D eigenvalue weighted by atomic mass is 32.1. The highest BCUT2D eigenvalue weighted by molar-refractivity contribution is 7.14. The van der Waals surface area contributed by atoms with Gasteiger partial charge in [-0.25, -0.2) is 0 Å². The van der Waals surface area contributed by atoms with Gasteiger partial charge in [-0.15, -0.1) is 11.3 Å². The van der Waals surface area contributed by atoms with Crippen LogP contribution >= 0.6 is 11.3 Å². The standard InChI is InChI=1S/C17H17F2NO2S/c18-17(19)22-13-7-5-11(6-8-13)10-20-16(21)15-9-12-3-1-2-4-14(12)23-15/h5-9,17H,1-4,10H2,(H,20,21). The fraction of sp³-hybridized carbons (Fsp3) is 0.353. The third-order valence-electron chi connectivity index (χ3n) is 3.82. The molecule has 1 aliphatic rings. The van der Waals surface area contributed by atoms with Crippen LogP contribution in [0.25, 0.3) is 0 Å². The Labute approximate surface area is 137 Å². The number of carbonyl (C=O) groups excluding carboxylic acids is 1. The van der Waals surface area contributed by atoms with Gasteiger partial charge in [0.2, 0.25) is 0 Å². The van der Waals surface area contributed by atoms with Crippen LogP contribution in [0.1, 0.15) is 38.5 Å². The van der Waals surface area contributed by atoms with Crippen LogP contribution in [0, 0.1) is 0 Å². The number of fused-ring (bicyclic) bond motifs is 1. The van der Waals surface area contributed by atoms with Crippen LogP contribution in [-0.2, 0) is 19.4 Å². The van der Waals surface area contributed by atoms with Crippen molar-refractivity contribution < 1.29 is 18.3 Å². The lowest BCUT2D eigenvalue weighted by molar-refractivity contribution is -0.0498. The predicted octanol–water partition coefficient (Wildman–Crippen LogP) is 4.16. The maximum Gasteiger partial charge on any atom is 0.387 e. The molecule has 23 heavy (non-hydrogen) atoms. The molecule has 6 heteroatoms. The molecular weight excluding hydrogens is 320 g/mol. The van der Waals surface area contributed by atoms with E-state index in [0.29, 0.717) is 6.54 Å². The fourth-order valence-electron chi connectivity index (χ4n) is 2.66. The first kappa shape index (κ1) is 15.9. The fourth-order valence-corrected chi connectivity index (χ4v) is 3.83. The molecule has 0 aliphatic heterocycles. The van der Waals surface area contributed by atoms with Crippen LogP contribution in [0.2, 0.25) is 0 Å². The van der Waals surface area contributed by atoms with Gasteiger partial charge in [-0.1, -0.05) is 12.1 Å². The summed E-state index contributed by atoms with van der Waals surface area (Å²) in [6.07, 6.45) is 4.52. The predicted molar refractivity (Wildman–Crippen MR) is 85.2 cm³/mol. The van der Waals surface area contributed by atoms with Crippen LogP contribution in [0.3, 0.4) is 0 Å². The zero-order valence-corrected chi connectivity index (χ0v) is 13.3. The molecule has 3 nitrogen and oxygen atoms in total. The van der Waals surface area contributed by atoms with Crippen molar-refractivity contribution in [2.75, 3.05) is 0 Å². The Morgan fingerprint density at radius 2 is 1.96 bits per heavy atom. The molecule has 0 saturated heterocycles. The largest absolute Gasteiger partial charge is 0.435 e. The number of aryl methyl sites for hydroxylation is 2. The van der Waals surface area contributed by atoms with Gasteiger partial charge in [0.1, 0.15) is 5.75 Å². The number of halogens is 2. The molecular formula is C17H17F2NO2S. The van der Waals surface area contributed by atoms with Gasteiger partial charge in [-0.05, 0) is 55.0 Å². The van der Waals surface area contributed by atoms with E-state index in [1.165, 1.54) is 35.4 Å². The van der Waals surface area contributed by atoms with E-state index in [0.717, 1.165) is 23.3 Å². The van der Waals surface area contributed by atoms with E-state index < -0.39 is 6.61 Å². The number of hydrogen-bond donors (Lipinski definition) is 1. The summed E-state index contributed by atoms with van der Waals surface area (Å²) in [5.41, 5.74) is 2.14. The smallest absolute Gasteiger partial charge is 0.387 e. The minimum Gasteiger partial charge on any atom is -0.435 e. The molecule has 1 aliphatic carbocycles. The van der Waals surface area contributed by atoms with Crippen molar-refractivity contribution in [2.45, 2.75) is 38.8 Å². The van der Waals surface area contributed by atoms with Crippen molar-refractivity contribution in [3.8, 4) is 5.75 Å². The molecule has 0 spiro atoms. The van der Waals surface area contributed by atoms with Crippen molar-refractivity contribution in [2.24, 2.45) is 0 Å². The quantitative estimate of drug-likeness (QED) is 0.890. The number of amides is 1. The monoisotopic (exact) mass is 337 g/mol. The summed E-state index contributed by atoms with van der Waals surface area (Å²) in [5.74, 6) is 0.0262. The van der Waals surface area contributed by atoms with E-state index in [9.17, 15) is 13.6 Å². The first-order valence-corrected chi connectivity index (χ1v) is 8.37. The van der Waals surface area contributed by atoms with Crippen LogP contribution in [0.5, 0.6) is 5.75 Å². The van der Waals surface area contributed by atoms with E-state index >= 15 is 0 Å².